The van der Waals surface area contributed by atoms with Crippen LogP contribution in [0.5, 0.6) is 0 Å². The topological polar surface area (TPSA) is 53.9 Å². The average molecular weight is 347 g/mol. The van der Waals surface area contributed by atoms with Gasteiger partial charge in [-0.3, -0.25) is 4.98 Å². The number of aromatic nitrogens is 3. The zero-order valence-electron chi connectivity index (χ0n) is 15.2. The second kappa shape index (κ2) is 7.79. The molecule has 1 aliphatic heterocycles. The first-order chi connectivity index (χ1) is 12.8. The predicted octanol–water partition coefficient (Wildman–Crippen LogP) is 3.84. The van der Waals surface area contributed by atoms with Crippen molar-refractivity contribution in [1.82, 2.24) is 19.9 Å². The monoisotopic (exact) mass is 347 g/mol. The summed E-state index contributed by atoms with van der Waals surface area (Å²) in [6, 6.07) is 12.1. The van der Waals surface area contributed by atoms with Crippen LogP contribution in [0.15, 0.2) is 48.8 Å². The minimum absolute atomic E-state index is 0.666. The first-order valence-corrected chi connectivity index (χ1v) is 9.47. The molecule has 5 heteroatoms. The summed E-state index contributed by atoms with van der Waals surface area (Å²) in [4.78, 5) is 16.3. The largest absolute Gasteiger partial charge is 0.369 e. The lowest BCUT2D eigenvalue weighted by atomic mass is 9.98. The lowest BCUT2D eigenvalue weighted by Gasteiger charge is -2.32. The lowest BCUT2D eigenvalue weighted by Crippen LogP contribution is -2.37. The summed E-state index contributed by atoms with van der Waals surface area (Å²) < 4.78 is 0. The van der Waals surface area contributed by atoms with Crippen molar-refractivity contribution in [3.05, 3.63) is 48.8 Å². The molecule has 2 aromatic heterocycles. The Bertz CT molecular complexity index is 865. The van der Waals surface area contributed by atoms with E-state index >= 15 is 0 Å². The van der Waals surface area contributed by atoms with Crippen LogP contribution >= 0.6 is 0 Å². The number of nitrogens with one attached hydrogen (secondary N) is 1. The number of likely N-dealkylation sites (tertiary alicyclic amines) is 1. The van der Waals surface area contributed by atoms with Crippen LogP contribution in [0, 0.1) is 5.92 Å². The van der Waals surface area contributed by atoms with Gasteiger partial charge in [-0.2, -0.15) is 0 Å². The number of para-hydroxylation sites is 1. The van der Waals surface area contributed by atoms with Crippen LogP contribution in [0.2, 0.25) is 0 Å². The Morgan fingerprint density at radius 3 is 2.92 bits per heavy atom. The summed E-state index contributed by atoms with van der Waals surface area (Å²) in [5.41, 5.74) is 1.90. The van der Waals surface area contributed by atoms with E-state index in [0.717, 1.165) is 41.2 Å². The smallest absolute Gasteiger partial charge is 0.163 e. The molecule has 134 valence electrons. The Morgan fingerprint density at radius 1 is 1.15 bits per heavy atom. The Hall–Kier alpha value is -2.53. The molecular formula is C21H25N5. The van der Waals surface area contributed by atoms with Crippen molar-refractivity contribution in [2.24, 2.45) is 5.92 Å². The average Bonchev–Trinajstić information content (AvgIpc) is 2.72. The molecule has 5 nitrogen and oxygen atoms in total. The van der Waals surface area contributed by atoms with Crippen LogP contribution < -0.4 is 5.32 Å². The number of rotatable bonds is 5. The fraction of sp³-hybridized carbons (Fsp3) is 0.381. The van der Waals surface area contributed by atoms with Gasteiger partial charge in [0.05, 0.1) is 5.52 Å². The Labute approximate surface area is 154 Å². The highest BCUT2D eigenvalue weighted by Crippen LogP contribution is 2.25. The van der Waals surface area contributed by atoms with Gasteiger partial charge in [-0.25, -0.2) is 9.97 Å². The van der Waals surface area contributed by atoms with Crippen molar-refractivity contribution in [2.45, 2.75) is 19.8 Å². The zero-order chi connectivity index (χ0) is 17.8. The molecule has 0 spiro atoms. The maximum absolute atomic E-state index is 4.82. The van der Waals surface area contributed by atoms with Gasteiger partial charge >= 0.3 is 0 Å². The molecule has 0 radical (unpaired) electrons. The molecule has 26 heavy (non-hydrogen) atoms. The SMILES string of the molecule is CCN1CCCC(CNc2nc(-c3cccnc3)nc3ccccc23)C1. The van der Waals surface area contributed by atoms with Crippen LogP contribution in [0.1, 0.15) is 19.8 Å². The molecular weight excluding hydrogens is 322 g/mol. The number of benzene rings is 1. The first-order valence-electron chi connectivity index (χ1n) is 9.47. The maximum atomic E-state index is 4.82. The van der Waals surface area contributed by atoms with Gasteiger partial charge in [0.2, 0.25) is 0 Å². The number of fused-ring (bicyclic) bond motifs is 1. The minimum Gasteiger partial charge on any atom is -0.369 e. The molecule has 1 fully saturated rings. The molecule has 3 heterocycles. The number of hydrogen-bond donors (Lipinski definition) is 1. The summed E-state index contributed by atoms with van der Waals surface area (Å²) in [6.45, 7) is 6.73. The van der Waals surface area contributed by atoms with E-state index in [1.165, 1.54) is 25.9 Å². The van der Waals surface area contributed by atoms with E-state index in [1.807, 2.05) is 36.5 Å². The highest BCUT2D eigenvalue weighted by atomic mass is 15.1. The van der Waals surface area contributed by atoms with Crippen LogP contribution in [-0.4, -0.2) is 46.0 Å². The van der Waals surface area contributed by atoms with Gasteiger partial charge < -0.3 is 10.2 Å². The van der Waals surface area contributed by atoms with Gasteiger partial charge in [-0.05, 0) is 56.1 Å². The second-order valence-electron chi connectivity index (χ2n) is 6.94. The second-order valence-corrected chi connectivity index (χ2v) is 6.94. The number of anilines is 1. The van der Waals surface area contributed by atoms with Gasteiger partial charge in [-0.15, -0.1) is 0 Å². The van der Waals surface area contributed by atoms with Crippen LogP contribution in [-0.2, 0) is 0 Å². The van der Waals surface area contributed by atoms with Crippen molar-refractivity contribution in [2.75, 3.05) is 31.5 Å². The fourth-order valence-corrected chi connectivity index (χ4v) is 3.68. The van der Waals surface area contributed by atoms with Crippen molar-refractivity contribution in [3.8, 4) is 11.4 Å². The van der Waals surface area contributed by atoms with Crippen LogP contribution in [0.4, 0.5) is 5.82 Å². The zero-order valence-corrected chi connectivity index (χ0v) is 15.2. The number of pyridine rings is 1. The number of hydrogen-bond acceptors (Lipinski definition) is 5. The van der Waals surface area contributed by atoms with Crippen molar-refractivity contribution >= 4 is 16.7 Å². The van der Waals surface area contributed by atoms with E-state index < -0.39 is 0 Å². The molecule has 0 bridgehead atoms. The predicted molar refractivity (Wildman–Crippen MR) is 106 cm³/mol. The number of piperidine rings is 1. The van der Waals surface area contributed by atoms with E-state index in [2.05, 4.69) is 28.2 Å². The molecule has 3 aromatic rings. The van der Waals surface area contributed by atoms with E-state index in [0.29, 0.717) is 5.92 Å². The van der Waals surface area contributed by atoms with E-state index in [9.17, 15) is 0 Å². The molecule has 0 amide bonds. The van der Waals surface area contributed by atoms with Gasteiger partial charge in [0.15, 0.2) is 5.82 Å². The van der Waals surface area contributed by atoms with Crippen molar-refractivity contribution in [1.29, 1.82) is 0 Å². The Kier molecular flexibility index (Phi) is 5.07. The Balaban J connectivity index is 1.61. The van der Waals surface area contributed by atoms with Crippen molar-refractivity contribution in [3.63, 3.8) is 0 Å². The van der Waals surface area contributed by atoms with Gasteiger partial charge in [0, 0.05) is 36.4 Å². The van der Waals surface area contributed by atoms with Gasteiger partial charge in [0.1, 0.15) is 5.82 Å². The van der Waals surface area contributed by atoms with Gasteiger partial charge in [-0.1, -0.05) is 19.1 Å². The summed E-state index contributed by atoms with van der Waals surface area (Å²) in [5.74, 6) is 2.31. The summed E-state index contributed by atoms with van der Waals surface area (Å²) in [5, 5.41) is 4.69. The summed E-state index contributed by atoms with van der Waals surface area (Å²) in [7, 11) is 0. The first kappa shape index (κ1) is 16.9. The minimum atomic E-state index is 0.666. The highest BCUT2D eigenvalue weighted by Gasteiger charge is 2.19. The molecule has 1 atom stereocenters. The summed E-state index contributed by atoms with van der Waals surface area (Å²) in [6.07, 6.45) is 6.15. The van der Waals surface area contributed by atoms with Gasteiger partial charge in [0.25, 0.3) is 0 Å². The normalized spacial score (nSPS) is 18.1. The van der Waals surface area contributed by atoms with Crippen LogP contribution in [0.25, 0.3) is 22.3 Å². The summed E-state index contributed by atoms with van der Waals surface area (Å²) >= 11 is 0. The Morgan fingerprint density at radius 2 is 2.08 bits per heavy atom. The lowest BCUT2D eigenvalue weighted by molar-refractivity contribution is 0.189. The molecule has 1 saturated heterocycles. The third-order valence-corrected chi connectivity index (χ3v) is 5.13. The standard InChI is InChI=1S/C21H25N5/c1-2-26-12-6-7-16(15-26)13-23-21-18-9-3-4-10-19(18)24-20(25-21)17-8-5-11-22-14-17/h3-5,8-11,14,16H,2,6-7,12-13,15H2,1H3,(H,23,24,25). The molecule has 0 saturated carbocycles. The maximum Gasteiger partial charge on any atom is 0.163 e. The molecule has 0 aliphatic carbocycles. The molecule has 1 aromatic carbocycles. The number of nitrogens with zero attached hydrogens (tertiary/aromatic N) is 4. The van der Waals surface area contributed by atoms with Crippen molar-refractivity contribution < 1.29 is 0 Å². The van der Waals surface area contributed by atoms with Crippen LogP contribution in [0.3, 0.4) is 0 Å². The highest BCUT2D eigenvalue weighted by molar-refractivity contribution is 5.90. The molecule has 1 unspecified atom stereocenters. The van der Waals surface area contributed by atoms with E-state index in [-0.39, 0.29) is 0 Å². The third-order valence-electron chi connectivity index (χ3n) is 5.13. The van der Waals surface area contributed by atoms with E-state index in [4.69, 9.17) is 9.97 Å². The molecule has 1 aliphatic rings. The molecule has 1 N–H and O–H groups in total. The molecule has 4 rings (SSSR count). The van der Waals surface area contributed by atoms with E-state index in [1.54, 1.807) is 6.20 Å². The quantitative estimate of drug-likeness (QED) is 0.760. The third kappa shape index (κ3) is 3.68. The fourth-order valence-electron chi connectivity index (χ4n) is 3.68.